The topological polar surface area (TPSA) is 78.0 Å². The van der Waals surface area contributed by atoms with Crippen molar-refractivity contribution in [2.24, 2.45) is 0 Å². The fourth-order valence-electron chi connectivity index (χ4n) is 3.39. The maximum atomic E-state index is 11.9. The van der Waals surface area contributed by atoms with Crippen molar-refractivity contribution < 1.29 is 0 Å². The van der Waals surface area contributed by atoms with Crippen LogP contribution in [0.1, 0.15) is 25.7 Å². The van der Waals surface area contributed by atoms with E-state index in [0.29, 0.717) is 17.9 Å². The van der Waals surface area contributed by atoms with E-state index in [1.165, 1.54) is 12.8 Å². The van der Waals surface area contributed by atoms with Gasteiger partial charge in [0.05, 0.1) is 0 Å². The van der Waals surface area contributed by atoms with Crippen molar-refractivity contribution in [2.45, 2.75) is 37.8 Å². The van der Waals surface area contributed by atoms with Crippen LogP contribution >= 0.6 is 0 Å². The van der Waals surface area contributed by atoms with Crippen molar-refractivity contribution in [3.8, 4) is 0 Å². The number of aromatic nitrogens is 4. The molecule has 1 saturated heterocycles. The minimum absolute atomic E-state index is 0.110. The van der Waals surface area contributed by atoms with Gasteiger partial charge in [-0.1, -0.05) is 0 Å². The Morgan fingerprint density at radius 2 is 1.87 bits per heavy atom. The Labute approximate surface area is 134 Å². The molecule has 4 rings (SSSR count). The molecular weight excluding hydrogens is 292 g/mol. The zero-order chi connectivity index (χ0) is 15.6. The largest absolute Gasteiger partial charge is 0.352 e. The van der Waals surface area contributed by atoms with Crippen LogP contribution in [0.2, 0.25) is 0 Å². The quantitative estimate of drug-likeness (QED) is 0.914. The van der Waals surface area contributed by atoms with Crippen molar-refractivity contribution in [2.75, 3.05) is 22.9 Å². The molecular formula is C16H20N6O. The lowest BCUT2D eigenvalue weighted by Gasteiger charge is -2.39. The van der Waals surface area contributed by atoms with Crippen LogP contribution in [0.25, 0.3) is 0 Å². The maximum Gasteiger partial charge on any atom is 0.290 e. The molecule has 0 atom stereocenters. The van der Waals surface area contributed by atoms with E-state index in [1.54, 1.807) is 24.9 Å². The predicted octanol–water partition coefficient (Wildman–Crippen LogP) is 1.20. The van der Waals surface area contributed by atoms with Crippen LogP contribution in [0, 0.1) is 0 Å². The maximum absolute atomic E-state index is 11.9. The van der Waals surface area contributed by atoms with Gasteiger partial charge in [-0.05, 0) is 31.7 Å². The van der Waals surface area contributed by atoms with E-state index in [1.807, 2.05) is 6.07 Å². The predicted molar refractivity (Wildman–Crippen MR) is 87.6 cm³/mol. The first kappa shape index (κ1) is 14.2. The van der Waals surface area contributed by atoms with Crippen molar-refractivity contribution in [1.82, 2.24) is 19.9 Å². The molecule has 0 amide bonds. The minimum atomic E-state index is -0.110. The van der Waals surface area contributed by atoms with Crippen molar-refractivity contribution >= 4 is 11.6 Å². The summed E-state index contributed by atoms with van der Waals surface area (Å²) in [6.07, 6.45) is 11.1. The second kappa shape index (κ2) is 5.98. The number of hydrogen-bond donors (Lipinski definition) is 1. The summed E-state index contributed by atoms with van der Waals surface area (Å²) in [5.41, 5.74) is -0.110. The summed E-state index contributed by atoms with van der Waals surface area (Å²) in [5, 5.41) is 0. The first-order valence-electron chi connectivity index (χ1n) is 8.16. The smallest absolute Gasteiger partial charge is 0.290 e. The van der Waals surface area contributed by atoms with Crippen LogP contribution in [-0.2, 0) is 0 Å². The number of piperidine rings is 1. The fourth-order valence-corrected chi connectivity index (χ4v) is 3.39. The monoisotopic (exact) mass is 312 g/mol. The first-order valence-corrected chi connectivity index (χ1v) is 8.16. The van der Waals surface area contributed by atoms with Crippen LogP contribution < -0.4 is 15.4 Å². The Kier molecular flexibility index (Phi) is 3.69. The molecule has 120 valence electrons. The van der Waals surface area contributed by atoms with Gasteiger partial charge in [0.25, 0.3) is 5.56 Å². The highest BCUT2D eigenvalue weighted by atomic mass is 16.1. The summed E-state index contributed by atoms with van der Waals surface area (Å²) in [6.45, 7) is 1.69. The van der Waals surface area contributed by atoms with Gasteiger partial charge < -0.3 is 14.8 Å². The number of H-pyrrole nitrogens is 1. The van der Waals surface area contributed by atoms with Gasteiger partial charge in [0.2, 0.25) is 0 Å². The molecule has 2 aliphatic rings. The minimum Gasteiger partial charge on any atom is -0.352 e. The number of nitrogens with zero attached hydrogens (tertiary/aromatic N) is 5. The average Bonchev–Trinajstić information content (AvgIpc) is 3.42. The van der Waals surface area contributed by atoms with Crippen molar-refractivity contribution in [3.63, 3.8) is 0 Å². The van der Waals surface area contributed by atoms with E-state index >= 15 is 0 Å². The molecule has 2 fully saturated rings. The molecule has 7 heteroatoms. The van der Waals surface area contributed by atoms with E-state index in [4.69, 9.17) is 0 Å². The van der Waals surface area contributed by atoms with E-state index < -0.39 is 0 Å². The summed E-state index contributed by atoms with van der Waals surface area (Å²) >= 11 is 0. The Bertz CT molecular complexity index is 706. The van der Waals surface area contributed by atoms with Crippen LogP contribution in [0.5, 0.6) is 0 Å². The van der Waals surface area contributed by atoms with Gasteiger partial charge in [0.1, 0.15) is 12.1 Å². The Morgan fingerprint density at radius 3 is 2.52 bits per heavy atom. The lowest BCUT2D eigenvalue weighted by Crippen LogP contribution is -2.47. The van der Waals surface area contributed by atoms with Crippen molar-refractivity contribution in [3.05, 3.63) is 41.3 Å². The van der Waals surface area contributed by atoms with Crippen LogP contribution in [-0.4, -0.2) is 45.1 Å². The molecule has 7 nitrogen and oxygen atoms in total. The number of nitrogens with one attached hydrogen (secondary N) is 1. The summed E-state index contributed by atoms with van der Waals surface area (Å²) in [6, 6.07) is 3.07. The zero-order valence-corrected chi connectivity index (χ0v) is 12.9. The highest BCUT2D eigenvalue weighted by molar-refractivity contribution is 5.43. The lowest BCUT2D eigenvalue weighted by molar-refractivity contribution is 0.456. The van der Waals surface area contributed by atoms with Gasteiger partial charge in [0.15, 0.2) is 5.82 Å². The molecule has 0 unspecified atom stereocenters. The van der Waals surface area contributed by atoms with Gasteiger partial charge in [-0.2, -0.15) is 0 Å². The molecule has 3 heterocycles. The third-order valence-electron chi connectivity index (χ3n) is 4.62. The van der Waals surface area contributed by atoms with E-state index in [2.05, 4.69) is 29.7 Å². The molecule has 1 aliphatic heterocycles. The molecule has 2 aromatic heterocycles. The molecule has 2 aromatic rings. The number of hydrogen-bond acceptors (Lipinski definition) is 6. The summed E-state index contributed by atoms with van der Waals surface area (Å²) < 4.78 is 0. The highest BCUT2D eigenvalue weighted by Crippen LogP contribution is 2.35. The van der Waals surface area contributed by atoms with Crippen LogP contribution in [0.15, 0.2) is 35.8 Å². The summed E-state index contributed by atoms with van der Waals surface area (Å²) in [5.74, 6) is 1.56. The van der Waals surface area contributed by atoms with E-state index in [-0.39, 0.29) is 5.56 Å². The van der Waals surface area contributed by atoms with Crippen LogP contribution in [0.3, 0.4) is 0 Å². The molecule has 23 heavy (non-hydrogen) atoms. The standard InChI is InChI=1S/C16H20N6O/c23-16-15(18-7-8-19-16)21-9-4-13(5-10-21)22(12-1-2-12)14-3-6-17-11-20-14/h3,6-8,11-13H,1-2,4-5,9-10H2,(H,19,23). The van der Waals surface area contributed by atoms with Crippen molar-refractivity contribution in [1.29, 1.82) is 0 Å². The second-order valence-corrected chi connectivity index (χ2v) is 6.17. The normalized spacial score (nSPS) is 18.9. The Hall–Kier alpha value is -2.44. The summed E-state index contributed by atoms with van der Waals surface area (Å²) in [7, 11) is 0. The molecule has 1 aliphatic carbocycles. The Morgan fingerprint density at radius 1 is 1.09 bits per heavy atom. The van der Waals surface area contributed by atoms with Gasteiger partial charge in [-0.15, -0.1) is 0 Å². The van der Waals surface area contributed by atoms with Gasteiger partial charge in [-0.25, -0.2) is 15.0 Å². The second-order valence-electron chi connectivity index (χ2n) is 6.17. The molecule has 0 spiro atoms. The highest BCUT2D eigenvalue weighted by Gasteiger charge is 2.36. The zero-order valence-electron chi connectivity index (χ0n) is 12.9. The van der Waals surface area contributed by atoms with E-state index in [9.17, 15) is 4.79 Å². The molecule has 0 aromatic carbocycles. The lowest BCUT2D eigenvalue weighted by atomic mass is 10.0. The fraction of sp³-hybridized carbons (Fsp3) is 0.500. The van der Waals surface area contributed by atoms with Gasteiger partial charge >= 0.3 is 0 Å². The van der Waals surface area contributed by atoms with Crippen LogP contribution in [0.4, 0.5) is 11.6 Å². The molecule has 1 N–H and O–H groups in total. The first-order chi connectivity index (χ1) is 11.3. The van der Waals surface area contributed by atoms with E-state index in [0.717, 1.165) is 31.7 Å². The third-order valence-corrected chi connectivity index (χ3v) is 4.62. The number of rotatable bonds is 4. The number of aromatic amines is 1. The average molecular weight is 312 g/mol. The summed E-state index contributed by atoms with van der Waals surface area (Å²) in [4.78, 5) is 31.8. The molecule has 0 bridgehead atoms. The third kappa shape index (κ3) is 2.91. The molecule has 1 saturated carbocycles. The number of anilines is 2. The molecule has 0 radical (unpaired) electrons. The SMILES string of the molecule is O=c1[nH]ccnc1N1CCC(N(c2ccncn2)C2CC2)CC1. The van der Waals surface area contributed by atoms with Gasteiger partial charge in [0, 0.05) is 43.8 Å². The Balaban J connectivity index is 1.48. The van der Waals surface area contributed by atoms with Gasteiger partial charge in [-0.3, -0.25) is 4.79 Å².